The van der Waals surface area contributed by atoms with Gasteiger partial charge in [-0.3, -0.25) is 4.72 Å². The molecule has 0 bridgehead atoms. The maximum Gasteiger partial charge on any atom is 0.337 e. The predicted octanol–water partition coefficient (Wildman–Crippen LogP) is 3.11. The van der Waals surface area contributed by atoms with E-state index in [1.54, 1.807) is 32.0 Å². The summed E-state index contributed by atoms with van der Waals surface area (Å²) < 4.78 is 27.3. The number of aromatic carboxylic acids is 1. The molecule has 22 heavy (non-hydrogen) atoms. The zero-order chi connectivity index (χ0) is 16.5. The summed E-state index contributed by atoms with van der Waals surface area (Å²) in [6, 6.07) is 9.53. The molecule has 2 aromatic carbocycles. The number of benzene rings is 2. The largest absolute Gasteiger partial charge is 0.478 e. The maximum atomic E-state index is 12.5. The fourth-order valence-corrected chi connectivity index (χ4v) is 3.53. The molecule has 2 rings (SSSR count). The van der Waals surface area contributed by atoms with Crippen LogP contribution in [0.4, 0.5) is 5.69 Å². The fourth-order valence-electron chi connectivity index (χ4n) is 2.22. The number of hydrogen-bond donors (Lipinski definition) is 2. The molecule has 116 valence electrons. The van der Waals surface area contributed by atoms with Crippen LogP contribution in [0.2, 0.25) is 0 Å². The lowest BCUT2D eigenvalue weighted by Crippen LogP contribution is -2.16. The summed E-state index contributed by atoms with van der Waals surface area (Å²) in [6.45, 7) is 5.32. The van der Waals surface area contributed by atoms with E-state index >= 15 is 0 Å². The molecule has 0 aliphatic rings. The predicted molar refractivity (Wildman–Crippen MR) is 84.9 cm³/mol. The molecule has 0 saturated carbocycles. The summed E-state index contributed by atoms with van der Waals surface area (Å²) in [6.07, 6.45) is 0. The van der Waals surface area contributed by atoms with Gasteiger partial charge in [-0.1, -0.05) is 29.3 Å². The van der Waals surface area contributed by atoms with Gasteiger partial charge < -0.3 is 5.11 Å². The lowest BCUT2D eigenvalue weighted by atomic mass is 10.1. The number of rotatable bonds is 4. The van der Waals surface area contributed by atoms with Crippen molar-refractivity contribution < 1.29 is 18.3 Å². The molecule has 0 amide bonds. The molecule has 0 aliphatic carbocycles. The van der Waals surface area contributed by atoms with E-state index in [0.717, 1.165) is 11.1 Å². The van der Waals surface area contributed by atoms with Crippen LogP contribution in [0, 0.1) is 20.8 Å². The van der Waals surface area contributed by atoms with Crippen molar-refractivity contribution in [3.05, 3.63) is 58.7 Å². The molecular formula is C16H17NO4S. The molecular weight excluding hydrogens is 302 g/mol. The van der Waals surface area contributed by atoms with Crippen molar-refractivity contribution in [2.45, 2.75) is 25.7 Å². The number of carboxylic acid groups (broad SMARTS) is 1. The molecule has 0 saturated heterocycles. The Labute approximate surface area is 129 Å². The van der Waals surface area contributed by atoms with Gasteiger partial charge in [0, 0.05) is 0 Å². The minimum absolute atomic E-state index is 0.0538. The molecule has 0 aromatic heterocycles. The van der Waals surface area contributed by atoms with E-state index in [-0.39, 0.29) is 16.1 Å². The highest BCUT2D eigenvalue weighted by atomic mass is 32.2. The molecule has 6 heteroatoms. The van der Waals surface area contributed by atoms with Gasteiger partial charge in [0.15, 0.2) is 0 Å². The Bertz CT molecular complexity index is 841. The second-order valence-electron chi connectivity index (χ2n) is 5.23. The molecule has 0 atom stereocenters. The Kier molecular flexibility index (Phi) is 4.23. The Morgan fingerprint density at radius 3 is 2.18 bits per heavy atom. The third-order valence-corrected chi connectivity index (χ3v) is 4.80. The topological polar surface area (TPSA) is 83.5 Å². The highest BCUT2D eigenvalue weighted by Gasteiger charge is 2.20. The number of aryl methyl sites for hydroxylation is 3. The second kappa shape index (κ2) is 5.81. The van der Waals surface area contributed by atoms with E-state index in [9.17, 15) is 18.3 Å². The van der Waals surface area contributed by atoms with Crippen LogP contribution in [-0.4, -0.2) is 19.5 Å². The van der Waals surface area contributed by atoms with Gasteiger partial charge in [-0.15, -0.1) is 0 Å². The summed E-state index contributed by atoms with van der Waals surface area (Å²) in [5, 5.41) is 9.21. The summed E-state index contributed by atoms with van der Waals surface area (Å²) >= 11 is 0. The molecule has 0 fully saturated rings. The number of anilines is 1. The van der Waals surface area contributed by atoms with Crippen molar-refractivity contribution in [1.29, 1.82) is 0 Å². The van der Waals surface area contributed by atoms with Crippen LogP contribution in [0.3, 0.4) is 0 Å². The van der Waals surface area contributed by atoms with E-state index in [2.05, 4.69) is 4.72 Å². The van der Waals surface area contributed by atoms with Crippen LogP contribution in [-0.2, 0) is 10.0 Å². The number of hydrogen-bond acceptors (Lipinski definition) is 3. The van der Waals surface area contributed by atoms with E-state index in [4.69, 9.17) is 0 Å². The SMILES string of the molecule is Cc1ccc(S(=O)(=O)Nc2ccc(C)cc2C(=O)O)c(C)c1. The Balaban J connectivity index is 2.47. The van der Waals surface area contributed by atoms with Gasteiger partial charge in [0.2, 0.25) is 0 Å². The summed E-state index contributed by atoms with van der Waals surface area (Å²) in [4.78, 5) is 11.4. The number of carbonyl (C=O) groups is 1. The lowest BCUT2D eigenvalue weighted by molar-refractivity contribution is 0.0698. The molecule has 2 N–H and O–H groups in total. The standard InChI is InChI=1S/C16H17NO4S/c1-10-5-7-15(12(3)8-10)22(20,21)17-14-6-4-11(2)9-13(14)16(18)19/h4-9,17H,1-3H3,(H,18,19). The van der Waals surface area contributed by atoms with Crippen molar-refractivity contribution in [1.82, 2.24) is 0 Å². The summed E-state index contributed by atoms with van der Waals surface area (Å²) in [5.74, 6) is -1.18. The van der Waals surface area contributed by atoms with Crippen LogP contribution in [0.1, 0.15) is 27.0 Å². The zero-order valence-corrected chi connectivity index (χ0v) is 13.4. The highest BCUT2D eigenvalue weighted by molar-refractivity contribution is 7.92. The van der Waals surface area contributed by atoms with Gasteiger partial charge in [0.1, 0.15) is 0 Å². The quantitative estimate of drug-likeness (QED) is 0.907. The number of sulfonamides is 1. The highest BCUT2D eigenvalue weighted by Crippen LogP contribution is 2.23. The first-order chi connectivity index (χ1) is 10.2. The Morgan fingerprint density at radius 1 is 1.00 bits per heavy atom. The van der Waals surface area contributed by atoms with Crippen molar-refractivity contribution in [2.75, 3.05) is 4.72 Å². The second-order valence-corrected chi connectivity index (χ2v) is 6.88. The zero-order valence-electron chi connectivity index (χ0n) is 12.5. The maximum absolute atomic E-state index is 12.5. The Hall–Kier alpha value is -2.34. The van der Waals surface area contributed by atoms with Gasteiger partial charge in [-0.2, -0.15) is 0 Å². The summed E-state index contributed by atoms with van der Waals surface area (Å²) in [5.41, 5.74) is 2.28. The summed E-state index contributed by atoms with van der Waals surface area (Å²) in [7, 11) is -3.84. The minimum Gasteiger partial charge on any atom is -0.478 e. The third-order valence-electron chi connectivity index (χ3n) is 3.27. The van der Waals surface area contributed by atoms with Crippen LogP contribution in [0.25, 0.3) is 0 Å². The molecule has 0 radical (unpaired) electrons. The van der Waals surface area contributed by atoms with Gasteiger partial charge in [-0.05, 0) is 44.5 Å². The lowest BCUT2D eigenvalue weighted by Gasteiger charge is -2.13. The van der Waals surface area contributed by atoms with Crippen molar-refractivity contribution in [3.8, 4) is 0 Å². The first-order valence-corrected chi connectivity index (χ1v) is 8.13. The first kappa shape index (κ1) is 16.0. The van der Waals surface area contributed by atoms with E-state index in [1.165, 1.54) is 18.2 Å². The van der Waals surface area contributed by atoms with Crippen LogP contribution in [0.15, 0.2) is 41.3 Å². The third kappa shape index (κ3) is 3.28. The van der Waals surface area contributed by atoms with Crippen LogP contribution in [0.5, 0.6) is 0 Å². The van der Waals surface area contributed by atoms with Gasteiger partial charge in [0.05, 0.1) is 16.1 Å². The molecule has 0 heterocycles. The van der Waals surface area contributed by atoms with Crippen LogP contribution < -0.4 is 4.72 Å². The van der Waals surface area contributed by atoms with Gasteiger partial charge >= 0.3 is 5.97 Å². The molecule has 0 unspecified atom stereocenters. The van der Waals surface area contributed by atoms with E-state index in [1.807, 2.05) is 6.92 Å². The molecule has 5 nitrogen and oxygen atoms in total. The van der Waals surface area contributed by atoms with Gasteiger partial charge in [0.25, 0.3) is 10.0 Å². The average molecular weight is 319 g/mol. The number of nitrogens with one attached hydrogen (secondary N) is 1. The number of carboxylic acids is 1. The normalized spacial score (nSPS) is 11.2. The van der Waals surface area contributed by atoms with Crippen molar-refractivity contribution in [3.63, 3.8) is 0 Å². The van der Waals surface area contributed by atoms with Crippen LogP contribution >= 0.6 is 0 Å². The smallest absolute Gasteiger partial charge is 0.337 e. The first-order valence-electron chi connectivity index (χ1n) is 6.65. The fraction of sp³-hybridized carbons (Fsp3) is 0.188. The molecule has 2 aromatic rings. The monoisotopic (exact) mass is 319 g/mol. The van der Waals surface area contributed by atoms with Crippen molar-refractivity contribution >= 4 is 21.7 Å². The Morgan fingerprint density at radius 2 is 1.59 bits per heavy atom. The van der Waals surface area contributed by atoms with Gasteiger partial charge in [-0.25, -0.2) is 13.2 Å². The average Bonchev–Trinajstić information content (AvgIpc) is 2.39. The van der Waals surface area contributed by atoms with E-state index < -0.39 is 16.0 Å². The van der Waals surface area contributed by atoms with E-state index in [0.29, 0.717) is 5.56 Å². The molecule has 0 aliphatic heterocycles. The minimum atomic E-state index is -3.84. The molecule has 0 spiro atoms. The van der Waals surface area contributed by atoms with Crippen molar-refractivity contribution in [2.24, 2.45) is 0 Å².